The van der Waals surface area contributed by atoms with Gasteiger partial charge in [-0.15, -0.1) is 0 Å². The number of hydrogen-bond donors (Lipinski definition) is 1. The molecule has 0 aromatic carbocycles. The predicted octanol–water partition coefficient (Wildman–Crippen LogP) is 0.450. The fraction of sp³-hybridized carbons (Fsp3) is 0.889. The number of carbonyl (C=O) groups is 1. The molecular weight excluding hydrogens is 152 g/mol. The summed E-state index contributed by atoms with van der Waals surface area (Å²) in [4.78, 5) is 13.1. The Morgan fingerprint density at radius 1 is 1.67 bits per heavy atom. The summed E-state index contributed by atoms with van der Waals surface area (Å²) in [6, 6.07) is 0. The van der Waals surface area contributed by atoms with E-state index in [-0.39, 0.29) is 5.91 Å². The molecule has 3 nitrogen and oxygen atoms in total. The van der Waals surface area contributed by atoms with E-state index in [1.54, 1.807) is 4.90 Å². The molecule has 2 atom stereocenters. The fourth-order valence-corrected chi connectivity index (χ4v) is 1.42. The normalized spacial score (nSPS) is 26.9. The zero-order valence-corrected chi connectivity index (χ0v) is 7.92. The summed E-state index contributed by atoms with van der Waals surface area (Å²) in [7, 11) is 1.86. The molecule has 0 saturated heterocycles. The number of hydrogen-bond acceptors (Lipinski definition) is 2. The van der Waals surface area contributed by atoms with Crippen LogP contribution in [0.15, 0.2) is 0 Å². The van der Waals surface area contributed by atoms with Crippen LogP contribution in [0.5, 0.6) is 0 Å². The molecule has 1 aliphatic rings. The van der Waals surface area contributed by atoms with Crippen molar-refractivity contribution >= 4 is 5.91 Å². The van der Waals surface area contributed by atoms with Crippen molar-refractivity contribution in [3.63, 3.8) is 0 Å². The van der Waals surface area contributed by atoms with Gasteiger partial charge in [0.1, 0.15) is 0 Å². The van der Waals surface area contributed by atoms with E-state index in [0.717, 1.165) is 18.4 Å². The quantitative estimate of drug-likeness (QED) is 0.666. The van der Waals surface area contributed by atoms with Crippen molar-refractivity contribution in [3.05, 3.63) is 0 Å². The maximum absolute atomic E-state index is 11.3. The maximum Gasteiger partial charge on any atom is 0.223 e. The summed E-state index contributed by atoms with van der Waals surface area (Å²) >= 11 is 0. The molecule has 0 aromatic heterocycles. The Bertz CT molecular complexity index is 170. The van der Waals surface area contributed by atoms with E-state index >= 15 is 0 Å². The molecule has 12 heavy (non-hydrogen) atoms. The Balaban J connectivity index is 2.18. The van der Waals surface area contributed by atoms with Crippen molar-refractivity contribution in [2.45, 2.75) is 19.8 Å². The average molecular weight is 170 g/mol. The van der Waals surface area contributed by atoms with Crippen LogP contribution in [0.3, 0.4) is 0 Å². The molecule has 1 rings (SSSR count). The van der Waals surface area contributed by atoms with Crippen LogP contribution in [0.2, 0.25) is 0 Å². The maximum atomic E-state index is 11.3. The smallest absolute Gasteiger partial charge is 0.223 e. The SMILES string of the molecule is CC1CC1CN(C)C(=O)CCN. The van der Waals surface area contributed by atoms with Gasteiger partial charge in [-0.3, -0.25) is 4.79 Å². The molecule has 70 valence electrons. The number of rotatable bonds is 4. The topological polar surface area (TPSA) is 46.3 Å². The van der Waals surface area contributed by atoms with E-state index in [1.165, 1.54) is 6.42 Å². The van der Waals surface area contributed by atoms with Crippen LogP contribution in [0.1, 0.15) is 19.8 Å². The first-order valence-electron chi connectivity index (χ1n) is 4.59. The van der Waals surface area contributed by atoms with Gasteiger partial charge in [-0.05, 0) is 18.3 Å². The van der Waals surface area contributed by atoms with Crippen LogP contribution < -0.4 is 5.73 Å². The standard InChI is InChI=1S/C9H18N2O/c1-7-5-8(7)6-11(2)9(12)3-4-10/h7-8H,3-6,10H2,1-2H3. The van der Waals surface area contributed by atoms with E-state index in [9.17, 15) is 4.79 Å². The number of carbonyl (C=O) groups excluding carboxylic acids is 1. The molecule has 1 saturated carbocycles. The summed E-state index contributed by atoms with van der Waals surface area (Å²) in [6.07, 6.45) is 1.76. The zero-order chi connectivity index (χ0) is 9.14. The average Bonchev–Trinajstić information content (AvgIpc) is 2.67. The fourth-order valence-electron chi connectivity index (χ4n) is 1.42. The lowest BCUT2D eigenvalue weighted by atomic mass is 10.3. The van der Waals surface area contributed by atoms with Crippen LogP contribution >= 0.6 is 0 Å². The highest BCUT2D eigenvalue weighted by molar-refractivity contribution is 5.76. The first-order chi connectivity index (χ1) is 5.65. The monoisotopic (exact) mass is 170 g/mol. The van der Waals surface area contributed by atoms with Gasteiger partial charge in [-0.25, -0.2) is 0 Å². The third-order valence-electron chi connectivity index (χ3n) is 2.57. The molecule has 3 heteroatoms. The van der Waals surface area contributed by atoms with Crippen LogP contribution in [-0.2, 0) is 4.79 Å². The molecule has 2 unspecified atom stereocenters. The lowest BCUT2D eigenvalue weighted by Crippen LogP contribution is -2.30. The summed E-state index contributed by atoms with van der Waals surface area (Å²) in [5.74, 6) is 1.74. The van der Waals surface area contributed by atoms with Crippen molar-refractivity contribution in [2.75, 3.05) is 20.1 Å². The summed E-state index contributed by atoms with van der Waals surface area (Å²) in [6.45, 7) is 3.61. The largest absolute Gasteiger partial charge is 0.345 e. The molecule has 0 aliphatic heterocycles. The molecule has 0 radical (unpaired) electrons. The Morgan fingerprint density at radius 2 is 2.25 bits per heavy atom. The molecule has 0 aromatic rings. The predicted molar refractivity (Wildman–Crippen MR) is 48.6 cm³/mol. The minimum Gasteiger partial charge on any atom is -0.345 e. The first-order valence-corrected chi connectivity index (χ1v) is 4.59. The Labute approximate surface area is 73.9 Å². The van der Waals surface area contributed by atoms with Gasteiger partial charge in [-0.2, -0.15) is 0 Å². The lowest BCUT2D eigenvalue weighted by Gasteiger charge is -2.16. The molecule has 1 amide bonds. The van der Waals surface area contributed by atoms with Gasteiger partial charge < -0.3 is 10.6 Å². The second-order valence-corrected chi connectivity index (χ2v) is 3.79. The van der Waals surface area contributed by atoms with Gasteiger partial charge in [0.15, 0.2) is 0 Å². The number of nitrogens with two attached hydrogens (primary N) is 1. The van der Waals surface area contributed by atoms with E-state index in [1.807, 2.05) is 7.05 Å². The van der Waals surface area contributed by atoms with Crippen molar-refractivity contribution in [2.24, 2.45) is 17.6 Å². The number of nitrogens with zero attached hydrogens (tertiary/aromatic N) is 1. The number of amides is 1. The third-order valence-corrected chi connectivity index (χ3v) is 2.57. The second kappa shape index (κ2) is 3.90. The summed E-state index contributed by atoms with van der Waals surface area (Å²) in [5.41, 5.74) is 5.29. The molecule has 2 N–H and O–H groups in total. The minimum atomic E-state index is 0.177. The van der Waals surface area contributed by atoms with Gasteiger partial charge in [0.25, 0.3) is 0 Å². The minimum absolute atomic E-state index is 0.177. The van der Waals surface area contributed by atoms with Gasteiger partial charge in [0, 0.05) is 26.6 Å². The lowest BCUT2D eigenvalue weighted by molar-refractivity contribution is -0.129. The van der Waals surface area contributed by atoms with Crippen LogP contribution in [0.25, 0.3) is 0 Å². The van der Waals surface area contributed by atoms with E-state index in [4.69, 9.17) is 5.73 Å². The van der Waals surface area contributed by atoms with Gasteiger partial charge in [0.05, 0.1) is 0 Å². The molecule has 0 heterocycles. The highest BCUT2D eigenvalue weighted by Gasteiger charge is 2.33. The third kappa shape index (κ3) is 2.48. The first kappa shape index (κ1) is 9.52. The van der Waals surface area contributed by atoms with Crippen molar-refractivity contribution in [1.29, 1.82) is 0 Å². The molecule has 0 spiro atoms. The van der Waals surface area contributed by atoms with E-state index in [0.29, 0.717) is 13.0 Å². The molecule has 0 bridgehead atoms. The van der Waals surface area contributed by atoms with Crippen LogP contribution in [0.4, 0.5) is 0 Å². The molecule has 1 aliphatic carbocycles. The van der Waals surface area contributed by atoms with Gasteiger partial charge >= 0.3 is 0 Å². The Kier molecular flexibility index (Phi) is 3.09. The van der Waals surface area contributed by atoms with E-state index < -0.39 is 0 Å². The molecular formula is C9H18N2O. The summed E-state index contributed by atoms with van der Waals surface area (Å²) < 4.78 is 0. The van der Waals surface area contributed by atoms with Gasteiger partial charge in [0.2, 0.25) is 5.91 Å². The molecule has 1 fully saturated rings. The van der Waals surface area contributed by atoms with Crippen molar-refractivity contribution < 1.29 is 4.79 Å². The highest BCUT2D eigenvalue weighted by Crippen LogP contribution is 2.37. The zero-order valence-electron chi connectivity index (χ0n) is 7.92. The van der Waals surface area contributed by atoms with Crippen LogP contribution in [0, 0.1) is 11.8 Å². The van der Waals surface area contributed by atoms with Crippen LogP contribution in [-0.4, -0.2) is 30.9 Å². The Morgan fingerprint density at radius 3 is 2.67 bits per heavy atom. The van der Waals surface area contributed by atoms with E-state index in [2.05, 4.69) is 6.92 Å². The second-order valence-electron chi connectivity index (χ2n) is 3.79. The van der Waals surface area contributed by atoms with Crippen molar-refractivity contribution in [3.8, 4) is 0 Å². The Hall–Kier alpha value is -0.570. The van der Waals surface area contributed by atoms with Gasteiger partial charge in [-0.1, -0.05) is 6.92 Å². The highest BCUT2D eigenvalue weighted by atomic mass is 16.2. The summed E-state index contributed by atoms with van der Waals surface area (Å²) in [5, 5.41) is 0. The van der Waals surface area contributed by atoms with Crippen molar-refractivity contribution in [1.82, 2.24) is 4.90 Å².